The van der Waals surface area contributed by atoms with Crippen molar-refractivity contribution in [3.63, 3.8) is 0 Å². The summed E-state index contributed by atoms with van der Waals surface area (Å²) in [6.07, 6.45) is 5.61. The lowest BCUT2D eigenvalue weighted by molar-refractivity contribution is -0.132. The summed E-state index contributed by atoms with van der Waals surface area (Å²) in [5.74, 6) is -1.23. The van der Waals surface area contributed by atoms with Crippen LogP contribution in [0.1, 0.15) is 16.7 Å². The minimum atomic E-state index is -1.23. The van der Waals surface area contributed by atoms with Gasteiger partial charge in [-0.15, -0.1) is 0 Å². The maximum absolute atomic E-state index is 11.3. The number of nitrogens with zero attached hydrogens (tertiary/aromatic N) is 3. The molecule has 0 atom stereocenters. The first-order valence-corrected chi connectivity index (χ1v) is 13.6. The zero-order chi connectivity index (χ0) is 29.1. The Morgan fingerprint density at radius 3 is 1.71 bits per heavy atom. The number of aromatic nitrogens is 1. The zero-order valence-electron chi connectivity index (χ0n) is 23.0. The summed E-state index contributed by atoms with van der Waals surface area (Å²) in [7, 11) is 2.02. The van der Waals surface area contributed by atoms with Crippen molar-refractivity contribution in [3.8, 4) is 6.07 Å². The van der Waals surface area contributed by atoms with E-state index < -0.39 is 5.97 Å². The molecule has 0 saturated heterocycles. The van der Waals surface area contributed by atoms with Crippen LogP contribution in [0.3, 0.4) is 0 Å². The van der Waals surface area contributed by atoms with Crippen molar-refractivity contribution in [2.24, 2.45) is 7.05 Å². The molecule has 0 spiro atoms. The van der Waals surface area contributed by atoms with Crippen molar-refractivity contribution >= 4 is 63.1 Å². The smallest absolute Gasteiger partial charge is 0.346 e. The first kappa shape index (κ1) is 26.4. The molecule has 6 rings (SSSR count). The van der Waals surface area contributed by atoms with Crippen LogP contribution in [-0.2, 0) is 11.8 Å². The topological polar surface area (TPSA) is 69.3 Å². The predicted octanol–water partition coefficient (Wildman–Crippen LogP) is 8.96. The van der Waals surface area contributed by atoms with Gasteiger partial charge in [-0.05, 0) is 83.4 Å². The first-order valence-electron chi connectivity index (χ1n) is 13.6. The summed E-state index contributed by atoms with van der Waals surface area (Å²) in [6.45, 7) is 0. The van der Waals surface area contributed by atoms with Crippen molar-refractivity contribution in [1.29, 1.82) is 5.26 Å². The molecular weight excluding hydrogens is 518 g/mol. The van der Waals surface area contributed by atoms with Crippen LogP contribution >= 0.6 is 0 Å². The van der Waals surface area contributed by atoms with Crippen LogP contribution < -0.4 is 4.90 Å². The number of nitriles is 1. The van der Waals surface area contributed by atoms with Crippen LogP contribution in [-0.4, -0.2) is 15.6 Å². The second-order valence-electron chi connectivity index (χ2n) is 10.0. The standard InChI is InChI=1S/C37H27N3O2/c1-39-35-20-16-27(23-33(35)34-24-28(17-21-36(34)39)22-29(25-38)37(41)42)13-12-26-14-18-32(19-15-26)40(30-8-4-2-5-9-30)31-10-6-3-7-11-31/h2-24H,1H3,(H,41,42)/b13-12+,29-22+. The molecule has 1 N–H and O–H groups in total. The SMILES string of the molecule is Cn1c2ccc(/C=C/c3ccc(N(c4ccccc4)c4ccccc4)cc3)cc2c2cc(/C=C(\C#N)C(=O)O)ccc21. The van der Waals surface area contributed by atoms with E-state index in [0.717, 1.165) is 50.0 Å². The average molecular weight is 546 g/mol. The Balaban J connectivity index is 1.31. The molecule has 0 amide bonds. The van der Waals surface area contributed by atoms with Crippen molar-refractivity contribution in [1.82, 2.24) is 4.57 Å². The third kappa shape index (κ3) is 5.17. The fourth-order valence-electron chi connectivity index (χ4n) is 5.28. The highest BCUT2D eigenvalue weighted by molar-refractivity contribution is 6.09. The van der Waals surface area contributed by atoms with Crippen molar-refractivity contribution in [2.45, 2.75) is 0 Å². The van der Waals surface area contributed by atoms with E-state index in [1.54, 1.807) is 6.07 Å². The maximum atomic E-state index is 11.3. The molecule has 42 heavy (non-hydrogen) atoms. The van der Waals surface area contributed by atoms with Crippen molar-refractivity contribution in [2.75, 3.05) is 4.90 Å². The molecule has 5 heteroatoms. The van der Waals surface area contributed by atoms with Gasteiger partial charge in [-0.2, -0.15) is 5.26 Å². The van der Waals surface area contributed by atoms with Crippen LogP contribution in [0, 0.1) is 11.3 Å². The van der Waals surface area contributed by atoms with Gasteiger partial charge in [0.1, 0.15) is 11.6 Å². The Kier molecular flexibility index (Phi) is 7.11. The number of aliphatic carboxylic acids is 1. The average Bonchev–Trinajstić information content (AvgIpc) is 3.30. The van der Waals surface area contributed by atoms with E-state index >= 15 is 0 Å². The van der Waals surface area contributed by atoms with Gasteiger partial charge < -0.3 is 14.6 Å². The molecule has 6 aromatic rings. The van der Waals surface area contributed by atoms with E-state index in [2.05, 4.69) is 88.3 Å². The van der Waals surface area contributed by atoms with Crippen LogP contribution in [0.5, 0.6) is 0 Å². The minimum absolute atomic E-state index is 0.292. The third-order valence-corrected chi connectivity index (χ3v) is 7.36. The highest BCUT2D eigenvalue weighted by Gasteiger charge is 2.12. The number of para-hydroxylation sites is 2. The Bertz CT molecular complexity index is 1970. The molecular formula is C37H27N3O2. The number of hydrogen-bond donors (Lipinski definition) is 1. The van der Waals surface area contributed by atoms with Gasteiger partial charge >= 0.3 is 5.97 Å². The summed E-state index contributed by atoms with van der Waals surface area (Å²) in [5, 5.41) is 20.5. The van der Waals surface area contributed by atoms with E-state index in [0.29, 0.717) is 5.56 Å². The van der Waals surface area contributed by atoms with Gasteiger partial charge in [-0.25, -0.2) is 4.79 Å². The van der Waals surface area contributed by atoms with Gasteiger partial charge in [-0.3, -0.25) is 0 Å². The predicted molar refractivity (Wildman–Crippen MR) is 172 cm³/mol. The molecule has 0 saturated carbocycles. The molecule has 0 radical (unpaired) electrons. The lowest BCUT2D eigenvalue weighted by atomic mass is 10.0. The number of rotatable bonds is 7. The Hall–Kier alpha value is -5.86. The fraction of sp³-hybridized carbons (Fsp3) is 0.0270. The quantitative estimate of drug-likeness (QED) is 0.123. The van der Waals surface area contributed by atoms with E-state index in [1.807, 2.05) is 61.6 Å². The monoisotopic (exact) mass is 545 g/mol. The number of benzene rings is 5. The second-order valence-corrected chi connectivity index (χ2v) is 10.0. The minimum Gasteiger partial charge on any atom is -0.477 e. The van der Waals surface area contributed by atoms with Gasteiger partial charge in [0.25, 0.3) is 0 Å². The lowest BCUT2D eigenvalue weighted by Crippen LogP contribution is -2.09. The Morgan fingerprint density at radius 2 is 1.17 bits per heavy atom. The number of aryl methyl sites for hydroxylation is 1. The molecule has 1 heterocycles. The first-order chi connectivity index (χ1) is 20.5. The van der Waals surface area contributed by atoms with Gasteiger partial charge in [0.15, 0.2) is 0 Å². The van der Waals surface area contributed by atoms with Gasteiger partial charge in [0.2, 0.25) is 0 Å². The van der Waals surface area contributed by atoms with E-state index in [-0.39, 0.29) is 5.57 Å². The fourth-order valence-corrected chi connectivity index (χ4v) is 5.28. The van der Waals surface area contributed by atoms with Crippen LogP contribution in [0.15, 0.2) is 127 Å². The highest BCUT2D eigenvalue weighted by atomic mass is 16.4. The molecule has 0 fully saturated rings. The second kappa shape index (κ2) is 11.3. The molecule has 0 bridgehead atoms. The molecule has 1 aromatic heterocycles. The van der Waals surface area contributed by atoms with Gasteiger partial charge in [-0.1, -0.05) is 72.8 Å². The van der Waals surface area contributed by atoms with Gasteiger partial charge in [0, 0.05) is 45.9 Å². The normalized spacial score (nSPS) is 11.7. The molecule has 0 aliphatic rings. The van der Waals surface area contributed by atoms with Gasteiger partial charge in [0.05, 0.1) is 0 Å². The van der Waals surface area contributed by atoms with Crippen LogP contribution in [0.25, 0.3) is 40.0 Å². The summed E-state index contributed by atoms with van der Waals surface area (Å²) in [5.41, 5.74) is 7.91. The lowest BCUT2D eigenvalue weighted by Gasteiger charge is -2.25. The van der Waals surface area contributed by atoms with Crippen molar-refractivity contribution < 1.29 is 9.90 Å². The molecule has 0 unspecified atom stereocenters. The van der Waals surface area contributed by atoms with Crippen LogP contribution in [0.2, 0.25) is 0 Å². The summed E-state index contributed by atoms with van der Waals surface area (Å²) >= 11 is 0. The number of carboxylic acids is 1. The Labute approximate surface area is 244 Å². The molecule has 5 aromatic carbocycles. The third-order valence-electron chi connectivity index (χ3n) is 7.36. The van der Waals surface area contributed by atoms with E-state index in [4.69, 9.17) is 5.26 Å². The number of carboxylic acid groups (broad SMARTS) is 1. The number of carbonyl (C=O) groups is 1. The molecule has 5 nitrogen and oxygen atoms in total. The molecule has 202 valence electrons. The van der Waals surface area contributed by atoms with Crippen LogP contribution in [0.4, 0.5) is 17.1 Å². The largest absolute Gasteiger partial charge is 0.477 e. The molecule has 0 aliphatic heterocycles. The maximum Gasteiger partial charge on any atom is 0.346 e. The Morgan fingerprint density at radius 1 is 0.690 bits per heavy atom. The summed E-state index contributed by atoms with van der Waals surface area (Å²) < 4.78 is 2.12. The summed E-state index contributed by atoms with van der Waals surface area (Å²) in [6, 6.07) is 43.0. The summed E-state index contributed by atoms with van der Waals surface area (Å²) in [4.78, 5) is 13.6. The number of fused-ring (bicyclic) bond motifs is 3. The molecule has 0 aliphatic carbocycles. The van der Waals surface area contributed by atoms with E-state index in [9.17, 15) is 9.90 Å². The highest BCUT2D eigenvalue weighted by Crippen LogP contribution is 2.34. The number of hydrogen-bond acceptors (Lipinski definition) is 3. The number of anilines is 3. The zero-order valence-corrected chi connectivity index (χ0v) is 23.0. The van der Waals surface area contributed by atoms with Crippen molar-refractivity contribution in [3.05, 3.63) is 144 Å². The van der Waals surface area contributed by atoms with E-state index in [1.165, 1.54) is 6.08 Å².